The van der Waals surface area contributed by atoms with Crippen LogP contribution in [-0.2, 0) is 12.8 Å². The van der Waals surface area contributed by atoms with Crippen LogP contribution < -0.4 is 4.74 Å². The average molecular weight is 314 g/mol. The molecule has 0 amide bonds. The predicted octanol–water partition coefficient (Wildman–Crippen LogP) is 4.60. The molecular formula is C16H12BrNO. The van der Waals surface area contributed by atoms with Crippen molar-refractivity contribution in [2.24, 2.45) is 0 Å². The zero-order valence-electron chi connectivity index (χ0n) is 10.3. The van der Waals surface area contributed by atoms with Crippen molar-refractivity contribution in [3.8, 4) is 17.6 Å². The molecule has 0 unspecified atom stereocenters. The second-order valence-electron chi connectivity index (χ2n) is 4.64. The molecule has 0 spiro atoms. The largest absolute Gasteiger partial charge is 0.456 e. The van der Waals surface area contributed by atoms with Gasteiger partial charge in [0.15, 0.2) is 0 Å². The second-order valence-corrected chi connectivity index (χ2v) is 5.55. The van der Waals surface area contributed by atoms with Crippen molar-refractivity contribution in [3.63, 3.8) is 0 Å². The minimum absolute atomic E-state index is 0.537. The standard InChI is InChI=1S/C16H12BrNO/c17-14-5-7-16(13(8-14)10-18)19-15-6-4-11-2-1-3-12(11)9-15/h4-9H,1-3H2. The number of nitrogens with zero attached hydrogens (tertiary/aromatic N) is 1. The molecule has 0 aromatic heterocycles. The SMILES string of the molecule is N#Cc1cc(Br)ccc1Oc1ccc2c(c1)CCC2. The number of fused-ring (bicyclic) bond motifs is 1. The maximum absolute atomic E-state index is 9.12. The van der Waals surface area contributed by atoms with Crippen LogP contribution in [0.5, 0.6) is 11.5 Å². The first-order chi connectivity index (χ1) is 9.26. The number of nitriles is 1. The first kappa shape index (κ1) is 12.3. The number of hydrogen-bond donors (Lipinski definition) is 0. The lowest BCUT2D eigenvalue weighted by atomic mass is 10.1. The molecule has 3 rings (SSSR count). The molecule has 3 heteroatoms. The van der Waals surface area contributed by atoms with Crippen LogP contribution in [0.15, 0.2) is 40.9 Å². The molecule has 0 aliphatic heterocycles. The fourth-order valence-electron chi connectivity index (χ4n) is 2.42. The molecule has 0 bridgehead atoms. The average Bonchev–Trinajstić information content (AvgIpc) is 2.88. The molecule has 2 aromatic rings. The van der Waals surface area contributed by atoms with Gasteiger partial charge in [0, 0.05) is 4.47 Å². The van der Waals surface area contributed by atoms with E-state index in [-0.39, 0.29) is 0 Å². The summed E-state index contributed by atoms with van der Waals surface area (Å²) in [7, 11) is 0. The Bertz CT molecular complexity index is 673. The van der Waals surface area contributed by atoms with Gasteiger partial charge >= 0.3 is 0 Å². The van der Waals surface area contributed by atoms with Gasteiger partial charge in [0.1, 0.15) is 17.6 Å². The van der Waals surface area contributed by atoms with Gasteiger partial charge in [-0.05, 0) is 60.7 Å². The fraction of sp³-hybridized carbons (Fsp3) is 0.188. The van der Waals surface area contributed by atoms with Crippen molar-refractivity contribution in [1.29, 1.82) is 5.26 Å². The van der Waals surface area contributed by atoms with E-state index in [0.717, 1.165) is 23.1 Å². The van der Waals surface area contributed by atoms with Crippen molar-refractivity contribution in [3.05, 3.63) is 57.6 Å². The van der Waals surface area contributed by atoms with Gasteiger partial charge in [0.05, 0.1) is 5.56 Å². The highest BCUT2D eigenvalue weighted by Crippen LogP contribution is 2.31. The van der Waals surface area contributed by atoms with E-state index in [9.17, 15) is 0 Å². The first-order valence-corrected chi connectivity index (χ1v) is 7.05. The quantitative estimate of drug-likeness (QED) is 0.811. The topological polar surface area (TPSA) is 33.0 Å². The Kier molecular flexibility index (Phi) is 3.27. The van der Waals surface area contributed by atoms with E-state index >= 15 is 0 Å². The molecule has 2 nitrogen and oxygen atoms in total. The molecule has 0 saturated heterocycles. The molecule has 0 fully saturated rings. The summed E-state index contributed by atoms with van der Waals surface area (Å²) >= 11 is 3.36. The van der Waals surface area contributed by atoms with Gasteiger partial charge in [-0.3, -0.25) is 0 Å². The Morgan fingerprint density at radius 2 is 1.89 bits per heavy atom. The van der Waals surface area contributed by atoms with Crippen LogP contribution in [0, 0.1) is 11.3 Å². The first-order valence-electron chi connectivity index (χ1n) is 6.25. The normalized spacial score (nSPS) is 12.8. The maximum atomic E-state index is 9.12. The molecule has 2 aromatic carbocycles. The lowest BCUT2D eigenvalue weighted by Crippen LogP contribution is -1.90. The van der Waals surface area contributed by atoms with Crippen molar-refractivity contribution >= 4 is 15.9 Å². The van der Waals surface area contributed by atoms with Gasteiger partial charge in [-0.1, -0.05) is 22.0 Å². The number of halogens is 1. The third-order valence-corrected chi connectivity index (χ3v) is 3.85. The number of rotatable bonds is 2. The van der Waals surface area contributed by atoms with Crippen LogP contribution >= 0.6 is 15.9 Å². The monoisotopic (exact) mass is 313 g/mol. The van der Waals surface area contributed by atoms with Crippen molar-refractivity contribution in [2.45, 2.75) is 19.3 Å². The molecule has 19 heavy (non-hydrogen) atoms. The lowest BCUT2D eigenvalue weighted by molar-refractivity contribution is 0.480. The number of hydrogen-bond acceptors (Lipinski definition) is 2. The fourth-order valence-corrected chi connectivity index (χ4v) is 2.78. The van der Waals surface area contributed by atoms with Crippen molar-refractivity contribution in [2.75, 3.05) is 0 Å². The van der Waals surface area contributed by atoms with Gasteiger partial charge in [0.25, 0.3) is 0 Å². The summed E-state index contributed by atoms with van der Waals surface area (Å²) in [5.74, 6) is 1.41. The van der Waals surface area contributed by atoms with Crippen molar-refractivity contribution < 1.29 is 4.74 Å². The van der Waals surface area contributed by atoms with E-state index in [2.05, 4.69) is 34.1 Å². The van der Waals surface area contributed by atoms with Gasteiger partial charge in [0.2, 0.25) is 0 Å². The molecule has 0 heterocycles. The molecule has 0 saturated carbocycles. The second kappa shape index (κ2) is 5.07. The van der Waals surface area contributed by atoms with Crippen LogP contribution in [0.3, 0.4) is 0 Å². The van der Waals surface area contributed by atoms with Gasteiger partial charge < -0.3 is 4.74 Å². The Balaban J connectivity index is 1.92. The number of benzene rings is 2. The van der Waals surface area contributed by atoms with E-state index in [0.29, 0.717) is 11.3 Å². The van der Waals surface area contributed by atoms with Gasteiger partial charge in [-0.25, -0.2) is 0 Å². The molecule has 1 aliphatic carbocycles. The number of ether oxygens (including phenoxy) is 1. The molecule has 1 aliphatic rings. The minimum atomic E-state index is 0.537. The summed E-state index contributed by atoms with van der Waals surface area (Å²) in [5.41, 5.74) is 3.33. The van der Waals surface area contributed by atoms with E-state index in [1.807, 2.05) is 18.2 Å². The number of aryl methyl sites for hydroxylation is 2. The molecule has 0 atom stereocenters. The summed E-state index contributed by atoms with van der Waals surface area (Å²) in [6.45, 7) is 0. The smallest absolute Gasteiger partial charge is 0.145 e. The van der Waals surface area contributed by atoms with Crippen molar-refractivity contribution in [1.82, 2.24) is 0 Å². The zero-order valence-corrected chi connectivity index (χ0v) is 11.9. The van der Waals surface area contributed by atoms with E-state index in [1.54, 1.807) is 6.07 Å². The van der Waals surface area contributed by atoms with E-state index < -0.39 is 0 Å². The highest BCUT2D eigenvalue weighted by Gasteiger charge is 2.12. The van der Waals surface area contributed by atoms with Crippen LogP contribution in [-0.4, -0.2) is 0 Å². The Morgan fingerprint density at radius 1 is 1.05 bits per heavy atom. The summed E-state index contributed by atoms with van der Waals surface area (Å²) < 4.78 is 6.72. The molecule has 94 valence electrons. The molecule has 0 N–H and O–H groups in total. The summed E-state index contributed by atoms with van der Waals surface area (Å²) in [4.78, 5) is 0. The van der Waals surface area contributed by atoms with E-state index in [4.69, 9.17) is 10.00 Å². The third kappa shape index (κ3) is 2.50. The van der Waals surface area contributed by atoms with Crippen LogP contribution in [0.4, 0.5) is 0 Å². The summed E-state index contributed by atoms with van der Waals surface area (Å²) in [6.07, 6.45) is 3.51. The van der Waals surface area contributed by atoms with Crippen LogP contribution in [0.1, 0.15) is 23.1 Å². The minimum Gasteiger partial charge on any atom is -0.456 e. The van der Waals surface area contributed by atoms with Gasteiger partial charge in [-0.2, -0.15) is 5.26 Å². The Labute approximate surface area is 120 Å². The zero-order chi connectivity index (χ0) is 13.2. The molecule has 0 radical (unpaired) electrons. The Hall–Kier alpha value is -1.79. The lowest BCUT2D eigenvalue weighted by Gasteiger charge is -2.09. The summed E-state index contributed by atoms with van der Waals surface area (Å²) in [6, 6.07) is 13.8. The third-order valence-electron chi connectivity index (χ3n) is 3.36. The molecular weight excluding hydrogens is 302 g/mol. The Morgan fingerprint density at radius 3 is 2.74 bits per heavy atom. The van der Waals surface area contributed by atoms with Crippen LogP contribution in [0.25, 0.3) is 0 Å². The van der Waals surface area contributed by atoms with Crippen LogP contribution in [0.2, 0.25) is 0 Å². The summed E-state index contributed by atoms with van der Waals surface area (Å²) in [5, 5.41) is 9.12. The van der Waals surface area contributed by atoms with Gasteiger partial charge in [-0.15, -0.1) is 0 Å². The van der Waals surface area contributed by atoms with E-state index in [1.165, 1.54) is 17.5 Å². The maximum Gasteiger partial charge on any atom is 0.145 e. The highest BCUT2D eigenvalue weighted by atomic mass is 79.9. The highest BCUT2D eigenvalue weighted by molar-refractivity contribution is 9.10. The predicted molar refractivity (Wildman–Crippen MR) is 77.4 cm³/mol.